The van der Waals surface area contributed by atoms with Crippen molar-refractivity contribution < 1.29 is 14.6 Å². The van der Waals surface area contributed by atoms with Crippen molar-refractivity contribution in [3.63, 3.8) is 0 Å². The highest BCUT2D eigenvalue weighted by Crippen LogP contribution is 2.21. The molecule has 1 aliphatic rings. The molecule has 0 saturated heterocycles. The Morgan fingerprint density at radius 3 is 2.88 bits per heavy atom. The van der Waals surface area contributed by atoms with E-state index in [1.807, 2.05) is 19.2 Å². The van der Waals surface area contributed by atoms with Crippen LogP contribution in [0.25, 0.3) is 0 Å². The molecule has 0 fully saturated rings. The van der Waals surface area contributed by atoms with Crippen LogP contribution in [0.3, 0.4) is 0 Å². The van der Waals surface area contributed by atoms with Gasteiger partial charge in [0.1, 0.15) is 6.61 Å². The van der Waals surface area contributed by atoms with Crippen molar-refractivity contribution in [2.75, 3.05) is 20.3 Å². The van der Waals surface area contributed by atoms with E-state index in [-0.39, 0.29) is 12.6 Å². The smallest absolute Gasteiger partial charge is 0.329 e. The highest BCUT2D eigenvalue weighted by Gasteiger charge is 2.23. The molecule has 0 spiro atoms. The van der Waals surface area contributed by atoms with Crippen molar-refractivity contribution >= 4 is 5.97 Å². The van der Waals surface area contributed by atoms with Gasteiger partial charge < -0.3 is 9.84 Å². The Bertz CT molecular complexity index is 405. The molecule has 1 N–H and O–H groups in total. The summed E-state index contributed by atoms with van der Waals surface area (Å²) in [6.45, 7) is 1.15. The van der Waals surface area contributed by atoms with E-state index in [2.05, 4.69) is 17.0 Å². The first kappa shape index (κ1) is 12.1. The Hall–Kier alpha value is -1.39. The molecule has 2 rings (SSSR count). The molecule has 4 nitrogen and oxygen atoms in total. The quantitative estimate of drug-likeness (QED) is 0.850. The van der Waals surface area contributed by atoms with Crippen LogP contribution in [0.4, 0.5) is 0 Å². The van der Waals surface area contributed by atoms with Gasteiger partial charge >= 0.3 is 5.97 Å². The second kappa shape index (κ2) is 5.29. The lowest BCUT2D eigenvalue weighted by molar-refractivity contribution is -0.142. The Kier molecular flexibility index (Phi) is 3.76. The molecule has 1 aromatic rings. The molecule has 0 aliphatic carbocycles. The highest BCUT2D eigenvalue weighted by molar-refractivity contribution is 5.67. The van der Waals surface area contributed by atoms with Crippen LogP contribution in [-0.4, -0.2) is 42.3 Å². The van der Waals surface area contributed by atoms with E-state index < -0.39 is 5.97 Å². The fraction of sp³-hybridized carbons (Fsp3) is 0.462. The minimum Gasteiger partial charge on any atom is -0.480 e. The second-order valence-corrected chi connectivity index (χ2v) is 4.45. The fourth-order valence-corrected chi connectivity index (χ4v) is 2.19. The SMILES string of the molecule is CN1Cc2ccccc2CC1COCC(=O)O. The fourth-order valence-electron chi connectivity index (χ4n) is 2.19. The monoisotopic (exact) mass is 235 g/mol. The lowest BCUT2D eigenvalue weighted by atomic mass is 9.95. The zero-order valence-corrected chi connectivity index (χ0v) is 9.93. The molecule has 0 amide bonds. The summed E-state index contributed by atoms with van der Waals surface area (Å²) in [6.07, 6.45) is 0.923. The third-order valence-corrected chi connectivity index (χ3v) is 3.15. The number of carboxylic acids is 1. The minimum atomic E-state index is -0.913. The van der Waals surface area contributed by atoms with Gasteiger partial charge in [0.2, 0.25) is 0 Å². The average Bonchev–Trinajstić information content (AvgIpc) is 2.29. The van der Waals surface area contributed by atoms with Crippen molar-refractivity contribution in [3.05, 3.63) is 35.4 Å². The Labute approximate surface area is 101 Å². The predicted octanol–water partition coefficient (Wildman–Crippen LogP) is 1.14. The van der Waals surface area contributed by atoms with Crippen LogP contribution in [0.2, 0.25) is 0 Å². The molecule has 1 aromatic carbocycles. The van der Waals surface area contributed by atoms with Crippen molar-refractivity contribution in [2.45, 2.75) is 19.0 Å². The lowest BCUT2D eigenvalue weighted by Crippen LogP contribution is -2.41. The van der Waals surface area contributed by atoms with Gasteiger partial charge in [-0.25, -0.2) is 4.79 Å². The number of hydrogen-bond acceptors (Lipinski definition) is 3. The maximum atomic E-state index is 10.4. The second-order valence-electron chi connectivity index (χ2n) is 4.45. The number of carboxylic acid groups (broad SMARTS) is 1. The molecule has 4 heteroatoms. The van der Waals surface area contributed by atoms with Crippen LogP contribution >= 0.6 is 0 Å². The van der Waals surface area contributed by atoms with Crippen LogP contribution in [0.1, 0.15) is 11.1 Å². The lowest BCUT2D eigenvalue weighted by Gasteiger charge is -2.33. The summed E-state index contributed by atoms with van der Waals surface area (Å²) in [5.41, 5.74) is 2.69. The number of nitrogens with zero attached hydrogens (tertiary/aromatic N) is 1. The van der Waals surface area contributed by atoms with Gasteiger partial charge in [-0.05, 0) is 24.6 Å². The molecule has 1 heterocycles. The summed E-state index contributed by atoms with van der Waals surface area (Å²) in [5.74, 6) is -0.913. The Morgan fingerprint density at radius 2 is 2.18 bits per heavy atom. The van der Waals surface area contributed by atoms with Gasteiger partial charge in [0, 0.05) is 12.6 Å². The first-order valence-corrected chi connectivity index (χ1v) is 5.73. The highest BCUT2D eigenvalue weighted by atomic mass is 16.5. The Morgan fingerprint density at radius 1 is 1.47 bits per heavy atom. The van der Waals surface area contributed by atoms with Crippen LogP contribution in [0.5, 0.6) is 0 Å². The molecule has 1 unspecified atom stereocenters. The molecule has 1 atom stereocenters. The average molecular weight is 235 g/mol. The first-order chi connectivity index (χ1) is 8.16. The van der Waals surface area contributed by atoms with E-state index in [9.17, 15) is 4.79 Å². The number of aliphatic carboxylic acids is 1. The third-order valence-electron chi connectivity index (χ3n) is 3.15. The summed E-state index contributed by atoms with van der Waals surface area (Å²) in [5, 5.41) is 8.53. The van der Waals surface area contributed by atoms with Gasteiger partial charge in [0.15, 0.2) is 0 Å². The molecular weight excluding hydrogens is 218 g/mol. The predicted molar refractivity (Wildman–Crippen MR) is 63.9 cm³/mol. The van der Waals surface area contributed by atoms with E-state index >= 15 is 0 Å². The molecule has 17 heavy (non-hydrogen) atoms. The molecular formula is C13H17NO3. The number of hydrogen-bond donors (Lipinski definition) is 1. The number of rotatable bonds is 4. The minimum absolute atomic E-state index is 0.216. The maximum Gasteiger partial charge on any atom is 0.329 e. The van der Waals surface area contributed by atoms with Crippen molar-refractivity contribution in [1.29, 1.82) is 0 Å². The van der Waals surface area contributed by atoms with E-state index in [1.165, 1.54) is 11.1 Å². The number of likely N-dealkylation sites (N-methyl/N-ethyl adjacent to an activating group) is 1. The molecule has 0 bridgehead atoms. The van der Waals surface area contributed by atoms with Crippen molar-refractivity contribution in [1.82, 2.24) is 4.90 Å². The normalized spacial score (nSPS) is 19.9. The molecule has 0 aromatic heterocycles. The molecule has 0 radical (unpaired) electrons. The summed E-state index contributed by atoms with van der Waals surface area (Å²) >= 11 is 0. The number of ether oxygens (including phenoxy) is 1. The summed E-state index contributed by atoms with van der Waals surface area (Å²) in [7, 11) is 2.05. The van der Waals surface area contributed by atoms with E-state index in [1.54, 1.807) is 0 Å². The van der Waals surface area contributed by atoms with Crippen LogP contribution in [-0.2, 0) is 22.5 Å². The third kappa shape index (κ3) is 3.05. The van der Waals surface area contributed by atoms with Gasteiger partial charge in [-0.2, -0.15) is 0 Å². The largest absolute Gasteiger partial charge is 0.480 e. The van der Waals surface area contributed by atoms with Gasteiger partial charge in [-0.3, -0.25) is 4.90 Å². The maximum absolute atomic E-state index is 10.4. The number of carbonyl (C=O) groups is 1. The standard InChI is InChI=1S/C13H17NO3/c1-14-7-11-5-3-2-4-10(11)6-12(14)8-17-9-13(15)16/h2-5,12H,6-9H2,1H3,(H,15,16). The van der Waals surface area contributed by atoms with Crippen LogP contribution in [0.15, 0.2) is 24.3 Å². The van der Waals surface area contributed by atoms with Gasteiger partial charge in [-0.15, -0.1) is 0 Å². The topological polar surface area (TPSA) is 49.8 Å². The zero-order chi connectivity index (χ0) is 12.3. The van der Waals surface area contributed by atoms with E-state index in [0.717, 1.165) is 13.0 Å². The molecule has 92 valence electrons. The molecule has 1 aliphatic heterocycles. The van der Waals surface area contributed by atoms with Gasteiger partial charge in [0.05, 0.1) is 6.61 Å². The number of benzene rings is 1. The zero-order valence-electron chi connectivity index (χ0n) is 9.93. The van der Waals surface area contributed by atoms with Crippen molar-refractivity contribution in [2.24, 2.45) is 0 Å². The first-order valence-electron chi connectivity index (χ1n) is 5.73. The Balaban J connectivity index is 1.95. The summed E-state index contributed by atoms with van der Waals surface area (Å²) in [4.78, 5) is 12.6. The van der Waals surface area contributed by atoms with Crippen molar-refractivity contribution in [3.8, 4) is 0 Å². The summed E-state index contributed by atoms with van der Waals surface area (Å²) in [6, 6.07) is 8.63. The summed E-state index contributed by atoms with van der Waals surface area (Å²) < 4.78 is 5.18. The van der Waals surface area contributed by atoms with Gasteiger partial charge in [-0.1, -0.05) is 24.3 Å². The van der Waals surface area contributed by atoms with E-state index in [4.69, 9.17) is 9.84 Å². The molecule has 0 saturated carbocycles. The number of fused-ring (bicyclic) bond motifs is 1. The van der Waals surface area contributed by atoms with Crippen LogP contribution in [0, 0.1) is 0 Å². The van der Waals surface area contributed by atoms with Crippen LogP contribution < -0.4 is 0 Å². The van der Waals surface area contributed by atoms with Gasteiger partial charge in [0.25, 0.3) is 0 Å². The van der Waals surface area contributed by atoms with E-state index in [0.29, 0.717) is 6.61 Å².